The van der Waals surface area contributed by atoms with Crippen molar-refractivity contribution >= 4 is 11.0 Å². The highest BCUT2D eigenvalue weighted by atomic mass is 16.7. The number of hydrogen-bond acceptors (Lipinski definition) is 16. The van der Waals surface area contributed by atoms with E-state index in [0.717, 1.165) is 24.3 Å². The molecule has 0 saturated carbocycles. The molecule has 2 fully saturated rings. The average molecular weight is 625 g/mol. The largest absolute Gasteiger partial charge is 0.508 e. The molecule has 0 bridgehead atoms. The number of aromatic hydroxyl groups is 4. The Labute approximate surface area is 247 Å². The molecule has 0 aliphatic carbocycles. The second kappa shape index (κ2) is 12.4. The van der Waals surface area contributed by atoms with Crippen LogP contribution in [0.5, 0.6) is 28.7 Å². The molecule has 0 amide bonds. The van der Waals surface area contributed by atoms with E-state index in [1.807, 2.05) is 0 Å². The van der Waals surface area contributed by atoms with Gasteiger partial charge in [0.05, 0.1) is 19.3 Å². The van der Waals surface area contributed by atoms with Gasteiger partial charge in [-0.15, -0.1) is 0 Å². The third-order valence-corrected chi connectivity index (χ3v) is 7.57. The maximum atomic E-state index is 13.6. The second-order valence-corrected chi connectivity index (χ2v) is 10.7. The summed E-state index contributed by atoms with van der Waals surface area (Å²) >= 11 is 0. The number of fused-ring (bicyclic) bond motifs is 1. The quantitative estimate of drug-likeness (QED) is 0.132. The van der Waals surface area contributed by atoms with Crippen LogP contribution in [0.4, 0.5) is 0 Å². The third kappa shape index (κ3) is 5.86. The van der Waals surface area contributed by atoms with Crippen molar-refractivity contribution in [3.05, 3.63) is 40.6 Å². The van der Waals surface area contributed by atoms with Crippen molar-refractivity contribution in [2.75, 3.05) is 13.2 Å². The molecule has 10 atom stereocenters. The first-order valence-electron chi connectivity index (χ1n) is 13.5. The molecule has 2 saturated heterocycles. The van der Waals surface area contributed by atoms with Crippen molar-refractivity contribution in [1.29, 1.82) is 0 Å². The molecule has 2 aliphatic heterocycles. The van der Waals surface area contributed by atoms with Crippen LogP contribution in [0.1, 0.15) is 6.92 Å². The lowest BCUT2D eigenvalue weighted by Gasteiger charge is -2.41. The number of aliphatic hydroxyl groups is 6. The summed E-state index contributed by atoms with van der Waals surface area (Å²) in [6.45, 7) is 0.691. The minimum atomic E-state index is -1.94. The highest BCUT2D eigenvalue weighted by Crippen LogP contribution is 2.39. The van der Waals surface area contributed by atoms with Crippen molar-refractivity contribution in [2.24, 2.45) is 0 Å². The molecule has 0 radical (unpaired) electrons. The highest BCUT2D eigenvalue weighted by Gasteiger charge is 2.46. The molecule has 2 aliphatic rings. The molecule has 2 aromatic carbocycles. The topological polar surface area (TPSA) is 269 Å². The molecule has 3 heterocycles. The van der Waals surface area contributed by atoms with Crippen LogP contribution in [0.3, 0.4) is 0 Å². The summed E-state index contributed by atoms with van der Waals surface area (Å²) in [4.78, 5) is 13.6. The van der Waals surface area contributed by atoms with Gasteiger partial charge in [-0.3, -0.25) is 4.79 Å². The Morgan fingerprint density at radius 3 is 2.02 bits per heavy atom. The lowest BCUT2D eigenvalue weighted by molar-refractivity contribution is -0.283. The minimum absolute atomic E-state index is 0.0181. The normalized spacial score (nSPS) is 32.5. The fourth-order valence-corrected chi connectivity index (χ4v) is 5.07. The van der Waals surface area contributed by atoms with Gasteiger partial charge in [-0.1, -0.05) is 0 Å². The Bertz CT molecular complexity index is 1560. The van der Waals surface area contributed by atoms with Crippen LogP contribution in [0.25, 0.3) is 22.3 Å². The van der Waals surface area contributed by atoms with Crippen molar-refractivity contribution < 1.29 is 74.4 Å². The van der Waals surface area contributed by atoms with Crippen LogP contribution in [0, 0.1) is 0 Å². The molecular weight excluding hydrogens is 592 g/mol. The van der Waals surface area contributed by atoms with Gasteiger partial charge < -0.3 is 74.4 Å². The first kappa shape index (κ1) is 31.7. The molecule has 240 valence electrons. The molecule has 4 unspecified atom stereocenters. The van der Waals surface area contributed by atoms with Crippen LogP contribution < -0.4 is 10.2 Å². The monoisotopic (exact) mass is 624 g/mol. The summed E-state index contributed by atoms with van der Waals surface area (Å²) in [5.41, 5.74) is -1.31. The highest BCUT2D eigenvalue weighted by molar-refractivity contribution is 5.88. The zero-order valence-electron chi connectivity index (χ0n) is 23.0. The lowest BCUT2D eigenvalue weighted by Crippen LogP contribution is -2.61. The first-order chi connectivity index (χ1) is 20.8. The van der Waals surface area contributed by atoms with Gasteiger partial charge in [0.2, 0.25) is 17.5 Å². The fraction of sp³-hybridized carbons (Fsp3) is 0.464. The van der Waals surface area contributed by atoms with Gasteiger partial charge in [-0.25, -0.2) is 0 Å². The predicted molar refractivity (Wildman–Crippen MR) is 145 cm³/mol. The van der Waals surface area contributed by atoms with Gasteiger partial charge in [-0.2, -0.15) is 0 Å². The minimum Gasteiger partial charge on any atom is -0.508 e. The number of hydrogen-bond donors (Lipinski definition) is 10. The number of rotatable bonds is 7. The maximum absolute atomic E-state index is 13.6. The summed E-state index contributed by atoms with van der Waals surface area (Å²) in [6.07, 6.45) is -15.0. The van der Waals surface area contributed by atoms with Gasteiger partial charge in [0.15, 0.2) is 17.3 Å². The number of ether oxygens (including phenoxy) is 4. The Morgan fingerprint density at radius 1 is 0.727 bits per heavy atom. The van der Waals surface area contributed by atoms with E-state index < -0.39 is 107 Å². The molecule has 10 N–H and O–H groups in total. The zero-order chi connectivity index (χ0) is 32.0. The van der Waals surface area contributed by atoms with Crippen LogP contribution in [0.15, 0.2) is 39.5 Å². The van der Waals surface area contributed by atoms with Gasteiger partial charge in [0.25, 0.3) is 0 Å². The Hall–Kier alpha value is -3.71. The Balaban J connectivity index is 1.43. The van der Waals surface area contributed by atoms with E-state index in [1.165, 1.54) is 13.0 Å². The first-order valence-corrected chi connectivity index (χ1v) is 13.5. The van der Waals surface area contributed by atoms with E-state index in [9.17, 15) is 55.9 Å². The van der Waals surface area contributed by atoms with Crippen molar-refractivity contribution in [3.8, 4) is 40.1 Å². The SMILES string of the molecule is CC1O[C@@H](COCC2O[C@@H](Oc3c(-c4ccc(O)c(O)c4)oc4cc(O)cc(O)c4c3=O)C(O)[C@@H](O)[C@H]2O)C(O)[C@@H](O)[C@H]1O. The van der Waals surface area contributed by atoms with E-state index in [2.05, 4.69) is 0 Å². The van der Waals surface area contributed by atoms with E-state index in [0.29, 0.717) is 0 Å². The average Bonchev–Trinajstić information content (AvgIpc) is 2.97. The maximum Gasteiger partial charge on any atom is 0.239 e. The van der Waals surface area contributed by atoms with E-state index in [4.69, 9.17) is 23.4 Å². The van der Waals surface area contributed by atoms with E-state index in [1.54, 1.807) is 0 Å². The van der Waals surface area contributed by atoms with E-state index in [-0.39, 0.29) is 23.5 Å². The Morgan fingerprint density at radius 2 is 1.36 bits per heavy atom. The molecule has 1 aromatic heterocycles. The van der Waals surface area contributed by atoms with Crippen LogP contribution in [-0.4, -0.2) is 126 Å². The summed E-state index contributed by atoms with van der Waals surface area (Å²) in [6, 6.07) is 5.28. The number of phenols is 4. The van der Waals surface area contributed by atoms with Crippen LogP contribution in [-0.2, 0) is 14.2 Å². The molecule has 16 nitrogen and oxygen atoms in total. The van der Waals surface area contributed by atoms with E-state index >= 15 is 0 Å². The third-order valence-electron chi connectivity index (χ3n) is 7.57. The summed E-state index contributed by atoms with van der Waals surface area (Å²) in [5, 5.41) is 101. The molecular formula is C28H32O16. The van der Waals surface area contributed by atoms with Crippen LogP contribution >= 0.6 is 0 Å². The van der Waals surface area contributed by atoms with Crippen molar-refractivity contribution in [1.82, 2.24) is 0 Å². The van der Waals surface area contributed by atoms with Crippen LogP contribution in [0.2, 0.25) is 0 Å². The number of benzene rings is 2. The second-order valence-electron chi connectivity index (χ2n) is 10.7. The molecule has 44 heavy (non-hydrogen) atoms. The summed E-state index contributed by atoms with van der Waals surface area (Å²) in [7, 11) is 0. The summed E-state index contributed by atoms with van der Waals surface area (Å²) in [5.74, 6) is -3.26. The fourth-order valence-electron chi connectivity index (χ4n) is 5.07. The molecule has 16 heteroatoms. The predicted octanol–water partition coefficient (Wildman–Crippen LogP) is -1.64. The number of phenolic OH excluding ortho intramolecular Hbond substituents is 4. The molecule has 0 spiro atoms. The lowest BCUT2D eigenvalue weighted by atomic mass is 9.96. The smallest absolute Gasteiger partial charge is 0.239 e. The molecule has 5 rings (SSSR count). The summed E-state index contributed by atoms with van der Waals surface area (Å²) < 4.78 is 28.0. The molecule has 3 aromatic rings. The van der Waals surface area contributed by atoms with Gasteiger partial charge in [-0.05, 0) is 25.1 Å². The van der Waals surface area contributed by atoms with Gasteiger partial charge >= 0.3 is 0 Å². The van der Waals surface area contributed by atoms with Gasteiger partial charge in [0, 0.05) is 17.7 Å². The van der Waals surface area contributed by atoms with Crippen molar-refractivity contribution in [2.45, 2.75) is 68.1 Å². The zero-order valence-corrected chi connectivity index (χ0v) is 23.0. The Kier molecular flexibility index (Phi) is 8.90. The number of aliphatic hydroxyl groups excluding tert-OH is 6. The van der Waals surface area contributed by atoms with Crippen molar-refractivity contribution in [3.63, 3.8) is 0 Å². The standard InChI is InChI=1S/C28H32O16/c1-9-19(33)23(37)20(34)16(41-9)7-40-8-17-21(35)24(38)25(39)28(43-17)44-27-22(36)18-14(32)5-11(29)6-15(18)42-26(27)10-2-3-12(30)13(31)4-10/h2-6,9,16-17,19-21,23-25,28-35,37-39H,7-8H2,1H3/t9?,16-,17?,19-,20?,21-,23-,24-,25?,28-/m0/s1. The van der Waals surface area contributed by atoms with Gasteiger partial charge in [0.1, 0.15) is 71.3 Å².